The summed E-state index contributed by atoms with van der Waals surface area (Å²) in [4.78, 5) is 5.24. The number of fused-ring (bicyclic) bond motifs is 1. The first-order chi connectivity index (χ1) is 7.40. The highest BCUT2D eigenvalue weighted by Gasteiger charge is 2.27. The Labute approximate surface area is 92.9 Å². The zero-order valence-electron chi connectivity index (χ0n) is 9.57. The lowest BCUT2D eigenvalue weighted by molar-refractivity contribution is 0.231. The zero-order valence-corrected chi connectivity index (χ0v) is 9.57. The third kappa shape index (κ3) is 3.03. The molecular weight excluding hydrogens is 186 g/mol. The molecular formula is C12H23N3. The average molecular weight is 209 g/mol. The van der Waals surface area contributed by atoms with Gasteiger partial charge in [0.15, 0.2) is 0 Å². The van der Waals surface area contributed by atoms with Crippen molar-refractivity contribution in [1.82, 2.24) is 9.80 Å². The molecule has 2 aliphatic heterocycles. The molecule has 0 amide bonds. The number of nitrogens with two attached hydrogens (primary N) is 1. The van der Waals surface area contributed by atoms with Gasteiger partial charge in [0.1, 0.15) is 0 Å². The van der Waals surface area contributed by atoms with E-state index < -0.39 is 0 Å². The van der Waals surface area contributed by atoms with Gasteiger partial charge in [-0.05, 0) is 38.9 Å². The maximum Gasteiger partial charge on any atom is 0.0223 e. The summed E-state index contributed by atoms with van der Waals surface area (Å²) in [7, 11) is 0. The van der Waals surface area contributed by atoms with Crippen LogP contribution in [0.3, 0.4) is 0 Å². The monoisotopic (exact) mass is 209 g/mol. The van der Waals surface area contributed by atoms with Crippen molar-refractivity contribution < 1.29 is 0 Å². The van der Waals surface area contributed by atoms with Crippen molar-refractivity contribution in [2.45, 2.75) is 25.3 Å². The molecule has 0 radical (unpaired) electrons. The lowest BCUT2D eigenvalue weighted by Crippen LogP contribution is -2.36. The quantitative estimate of drug-likeness (QED) is 0.694. The van der Waals surface area contributed by atoms with Crippen molar-refractivity contribution in [2.75, 3.05) is 39.3 Å². The minimum atomic E-state index is 0.670. The SMILES string of the molecule is NCC=CCN1CCCN2CCCC2C1. The van der Waals surface area contributed by atoms with Crippen LogP contribution in [-0.4, -0.2) is 55.1 Å². The largest absolute Gasteiger partial charge is 0.327 e. The number of nitrogens with zero attached hydrogens (tertiary/aromatic N) is 2. The summed E-state index contributed by atoms with van der Waals surface area (Å²) in [6, 6.07) is 0.832. The lowest BCUT2D eigenvalue weighted by Gasteiger charge is -2.24. The Balaban J connectivity index is 1.82. The molecule has 0 saturated carbocycles. The first kappa shape index (κ1) is 11.1. The van der Waals surface area contributed by atoms with E-state index in [1.165, 1.54) is 45.4 Å². The smallest absolute Gasteiger partial charge is 0.0223 e. The standard InChI is InChI=1S/C12H23N3/c13-6-1-2-7-14-8-4-10-15-9-3-5-12(15)11-14/h1-2,12H,3-11,13H2. The molecule has 3 nitrogen and oxygen atoms in total. The number of hydrogen-bond acceptors (Lipinski definition) is 3. The summed E-state index contributed by atoms with van der Waals surface area (Å²) >= 11 is 0. The summed E-state index contributed by atoms with van der Waals surface area (Å²) in [6.45, 7) is 6.90. The third-order valence-electron chi connectivity index (χ3n) is 3.55. The highest BCUT2D eigenvalue weighted by molar-refractivity contribution is 4.90. The minimum absolute atomic E-state index is 0.670. The van der Waals surface area contributed by atoms with E-state index in [0.29, 0.717) is 6.54 Å². The molecule has 0 bridgehead atoms. The molecule has 1 unspecified atom stereocenters. The number of hydrogen-bond donors (Lipinski definition) is 1. The summed E-state index contributed by atoms with van der Waals surface area (Å²) in [5, 5.41) is 0. The maximum atomic E-state index is 5.45. The van der Waals surface area contributed by atoms with Crippen LogP contribution in [0.1, 0.15) is 19.3 Å². The van der Waals surface area contributed by atoms with E-state index >= 15 is 0 Å². The fourth-order valence-electron chi connectivity index (χ4n) is 2.77. The van der Waals surface area contributed by atoms with Crippen LogP contribution in [0, 0.1) is 0 Å². The fraction of sp³-hybridized carbons (Fsp3) is 0.833. The Bertz CT molecular complexity index is 215. The summed E-state index contributed by atoms with van der Waals surface area (Å²) in [6.07, 6.45) is 8.41. The summed E-state index contributed by atoms with van der Waals surface area (Å²) in [5.74, 6) is 0. The third-order valence-corrected chi connectivity index (χ3v) is 3.55. The molecule has 2 fully saturated rings. The second kappa shape index (κ2) is 5.64. The van der Waals surface area contributed by atoms with Gasteiger partial charge < -0.3 is 5.73 Å². The van der Waals surface area contributed by atoms with Crippen LogP contribution in [0.2, 0.25) is 0 Å². The Kier molecular flexibility index (Phi) is 4.18. The predicted octanol–water partition coefficient (Wildman–Crippen LogP) is 0.671. The van der Waals surface area contributed by atoms with Gasteiger partial charge in [0.25, 0.3) is 0 Å². The molecule has 2 saturated heterocycles. The van der Waals surface area contributed by atoms with Gasteiger partial charge >= 0.3 is 0 Å². The van der Waals surface area contributed by atoms with E-state index in [1.807, 2.05) is 0 Å². The zero-order chi connectivity index (χ0) is 10.5. The molecule has 15 heavy (non-hydrogen) atoms. The van der Waals surface area contributed by atoms with Gasteiger partial charge in [0, 0.05) is 25.7 Å². The van der Waals surface area contributed by atoms with Crippen molar-refractivity contribution >= 4 is 0 Å². The van der Waals surface area contributed by atoms with Gasteiger partial charge in [-0.15, -0.1) is 0 Å². The van der Waals surface area contributed by atoms with Crippen LogP contribution in [0.25, 0.3) is 0 Å². The Morgan fingerprint density at radius 3 is 2.87 bits per heavy atom. The highest BCUT2D eigenvalue weighted by atomic mass is 15.3. The molecule has 0 aliphatic carbocycles. The maximum absolute atomic E-state index is 5.45. The van der Waals surface area contributed by atoms with E-state index in [2.05, 4.69) is 22.0 Å². The lowest BCUT2D eigenvalue weighted by atomic mass is 10.2. The van der Waals surface area contributed by atoms with Gasteiger partial charge in [-0.25, -0.2) is 0 Å². The van der Waals surface area contributed by atoms with Gasteiger partial charge in [0.05, 0.1) is 0 Å². The van der Waals surface area contributed by atoms with Gasteiger partial charge in [-0.2, -0.15) is 0 Å². The van der Waals surface area contributed by atoms with Crippen LogP contribution in [-0.2, 0) is 0 Å². The van der Waals surface area contributed by atoms with Crippen LogP contribution >= 0.6 is 0 Å². The molecule has 0 aromatic heterocycles. The second-order valence-electron chi connectivity index (χ2n) is 4.65. The normalized spacial score (nSPS) is 29.5. The van der Waals surface area contributed by atoms with Crippen LogP contribution in [0.5, 0.6) is 0 Å². The average Bonchev–Trinajstić information content (AvgIpc) is 2.58. The van der Waals surface area contributed by atoms with E-state index in [0.717, 1.165) is 12.6 Å². The first-order valence-corrected chi connectivity index (χ1v) is 6.21. The van der Waals surface area contributed by atoms with Crippen molar-refractivity contribution in [3.8, 4) is 0 Å². The van der Waals surface area contributed by atoms with Crippen molar-refractivity contribution in [3.05, 3.63) is 12.2 Å². The molecule has 3 heteroatoms. The molecule has 2 rings (SSSR count). The molecule has 0 spiro atoms. The Morgan fingerprint density at radius 2 is 2.00 bits per heavy atom. The van der Waals surface area contributed by atoms with Gasteiger partial charge in [-0.1, -0.05) is 12.2 Å². The predicted molar refractivity (Wildman–Crippen MR) is 63.8 cm³/mol. The molecule has 0 aromatic rings. The van der Waals surface area contributed by atoms with Crippen molar-refractivity contribution in [2.24, 2.45) is 5.73 Å². The molecule has 86 valence electrons. The molecule has 2 heterocycles. The van der Waals surface area contributed by atoms with Crippen molar-refractivity contribution in [3.63, 3.8) is 0 Å². The minimum Gasteiger partial charge on any atom is -0.327 e. The molecule has 2 N–H and O–H groups in total. The fourth-order valence-corrected chi connectivity index (χ4v) is 2.77. The molecule has 0 aromatic carbocycles. The summed E-state index contributed by atoms with van der Waals surface area (Å²) in [5.41, 5.74) is 5.45. The van der Waals surface area contributed by atoms with E-state index in [1.54, 1.807) is 0 Å². The van der Waals surface area contributed by atoms with Gasteiger partial charge in [-0.3, -0.25) is 9.80 Å². The first-order valence-electron chi connectivity index (χ1n) is 6.21. The molecule has 2 aliphatic rings. The molecule has 1 atom stereocenters. The van der Waals surface area contributed by atoms with Crippen LogP contribution in [0.15, 0.2) is 12.2 Å². The Morgan fingerprint density at radius 1 is 1.13 bits per heavy atom. The van der Waals surface area contributed by atoms with E-state index in [4.69, 9.17) is 5.73 Å². The highest BCUT2D eigenvalue weighted by Crippen LogP contribution is 2.20. The van der Waals surface area contributed by atoms with E-state index in [9.17, 15) is 0 Å². The number of rotatable bonds is 3. The summed E-state index contributed by atoms with van der Waals surface area (Å²) < 4.78 is 0. The van der Waals surface area contributed by atoms with E-state index in [-0.39, 0.29) is 0 Å². The van der Waals surface area contributed by atoms with Crippen LogP contribution in [0.4, 0.5) is 0 Å². The Hall–Kier alpha value is -0.380. The topological polar surface area (TPSA) is 32.5 Å². The second-order valence-corrected chi connectivity index (χ2v) is 4.65. The van der Waals surface area contributed by atoms with Crippen LogP contribution < -0.4 is 5.73 Å². The van der Waals surface area contributed by atoms with Crippen molar-refractivity contribution in [1.29, 1.82) is 0 Å². The van der Waals surface area contributed by atoms with Gasteiger partial charge in [0.2, 0.25) is 0 Å².